The van der Waals surface area contributed by atoms with Crippen LogP contribution in [0.25, 0.3) is 0 Å². The molecule has 1 atom stereocenters. The molecule has 0 bridgehead atoms. The van der Waals surface area contributed by atoms with Crippen molar-refractivity contribution in [2.75, 3.05) is 0 Å². The summed E-state index contributed by atoms with van der Waals surface area (Å²) in [5, 5.41) is 16.1. The molecule has 1 aliphatic carbocycles. The molecule has 3 rings (SSSR count). The van der Waals surface area contributed by atoms with Crippen molar-refractivity contribution in [1.82, 2.24) is 4.90 Å². The number of amides is 1. The van der Waals surface area contributed by atoms with Gasteiger partial charge in [-0.15, -0.1) is 0 Å². The highest BCUT2D eigenvalue weighted by molar-refractivity contribution is 6.07. The Balaban J connectivity index is 0.000000687. The Bertz CT molecular complexity index is 811. The predicted molar refractivity (Wildman–Crippen MR) is 106 cm³/mol. The van der Waals surface area contributed by atoms with Gasteiger partial charge in [-0.2, -0.15) is 14.0 Å². The first-order chi connectivity index (χ1) is 13.6. The fourth-order valence-corrected chi connectivity index (χ4v) is 4.35. The van der Waals surface area contributed by atoms with Crippen LogP contribution in [0.1, 0.15) is 62.6 Å². The normalized spacial score (nSPS) is 22.4. The molecule has 0 saturated heterocycles. The molecule has 2 aliphatic rings. The van der Waals surface area contributed by atoms with Crippen molar-refractivity contribution in [3.63, 3.8) is 0 Å². The molecule has 1 amide bonds. The maximum atomic E-state index is 13.6. The van der Waals surface area contributed by atoms with E-state index < -0.39 is 12.2 Å². The number of aryl methyl sites for hydroxylation is 1. The highest BCUT2D eigenvalue weighted by Crippen LogP contribution is 2.47. The van der Waals surface area contributed by atoms with Crippen LogP contribution in [-0.4, -0.2) is 34.5 Å². The van der Waals surface area contributed by atoms with Crippen LogP contribution in [-0.2, 0) is 10.3 Å². The van der Waals surface area contributed by atoms with Crippen LogP contribution >= 0.6 is 0 Å². The minimum Gasteiger partial charge on any atom is -0.369 e. The number of benzene rings is 1. The van der Waals surface area contributed by atoms with Gasteiger partial charge in [-0.3, -0.25) is 9.69 Å². The molecule has 0 radical (unpaired) electrons. The van der Waals surface area contributed by atoms with Gasteiger partial charge in [0, 0.05) is 6.04 Å². The summed E-state index contributed by atoms with van der Waals surface area (Å²) in [7, 11) is 0. The standard InChI is InChI=1S/C20H26N4O.CH2F2O/c1-13(2)24-18(25)20(23-19(24)22,16-7-5-4-6-8-16)17-11-15(12-21)10-9-14(17)3;2-1(3)4/h9-11,13,16H,4-8H2,1-3H3,(H2,22,23);1,4H. The smallest absolute Gasteiger partial charge is 0.342 e. The molecule has 1 heterocycles. The molecule has 29 heavy (non-hydrogen) atoms. The number of aliphatic hydroxyl groups excluding tert-OH is 1. The number of nitriles is 1. The molecule has 0 aromatic heterocycles. The SMILES string of the molecule is Cc1ccc(C#N)cc1C1(C2CCCCC2)N=C(N)N(C(C)C)C1=O.OC(F)F. The first-order valence-electron chi connectivity index (χ1n) is 9.81. The van der Waals surface area contributed by atoms with E-state index in [0.29, 0.717) is 11.5 Å². The van der Waals surface area contributed by atoms with Crippen LogP contribution in [0.4, 0.5) is 8.78 Å². The first-order valence-corrected chi connectivity index (χ1v) is 9.81. The number of guanidine groups is 1. The predicted octanol–water partition coefficient (Wildman–Crippen LogP) is 3.41. The maximum absolute atomic E-state index is 13.6. The van der Waals surface area contributed by atoms with Crippen molar-refractivity contribution >= 4 is 11.9 Å². The zero-order chi connectivity index (χ0) is 21.8. The van der Waals surface area contributed by atoms with Gasteiger partial charge in [-0.05, 0) is 62.8 Å². The Hall–Kier alpha value is -2.53. The van der Waals surface area contributed by atoms with Crippen LogP contribution < -0.4 is 5.73 Å². The lowest BCUT2D eigenvalue weighted by Gasteiger charge is -2.38. The van der Waals surface area contributed by atoms with Gasteiger partial charge in [0.15, 0.2) is 11.5 Å². The molecule has 1 aromatic carbocycles. The summed E-state index contributed by atoms with van der Waals surface area (Å²) in [6.45, 7) is 2.73. The van der Waals surface area contributed by atoms with E-state index in [9.17, 15) is 18.8 Å². The molecule has 1 aromatic rings. The summed E-state index contributed by atoms with van der Waals surface area (Å²) in [6, 6.07) is 7.69. The Kier molecular flexibility index (Phi) is 7.31. The lowest BCUT2D eigenvalue weighted by molar-refractivity contribution is -0.135. The summed E-state index contributed by atoms with van der Waals surface area (Å²) in [5.41, 5.74) is 7.60. The summed E-state index contributed by atoms with van der Waals surface area (Å²) in [5.74, 6) is 0.390. The number of aliphatic hydroxyl groups is 1. The van der Waals surface area contributed by atoms with Crippen LogP contribution in [0.15, 0.2) is 23.2 Å². The van der Waals surface area contributed by atoms with E-state index in [2.05, 4.69) is 6.07 Å². The molecular weight excluding hydrogens is 378 g/mol. The fraction of sp³-hybridized carbons (Fsp3) is 0.571. The maximum Gasteiger partial charge on any atom is 0.342 e. The van der Waals surface area contributed by atoms with Crippen LogP contribution in [0.5, 0.6) is 0 Å². The van der Waals surface area contributed by atoms with Gasteiger partial charge in [0.1, 0.15) is 0 Å². The summed E-state index contributed by atoms with van der Waals surface area (Å²) >= 11 is 0. The van der Waals surface area contributed by atoms with Crippen molar-refractivity contribution in [2.24, 2.45) is 16.6 Å². The number of aliphatic imine (C=N–C) groups is 1. The van der Waals surface area contributed by atoms with E-state index in [1.807, 2.05) is 32.9 Å². The van der Waals surface area contributed by atoms with Gasteiger partial charge in [-0.1, -0.05) is 25.3 Å². The van der Waals surface area contributed by atoms with Crippen molar-refractivity contribution in [3.05, 3.63) is 34.9 Å². The molecule has 1 unspecified atom stereocenters. The van der Waals surface area contributed by atoms with Crippen LogP contribution in [0.3, 0.4) is 0 Å². The largest absolute Gasteiger partial charge is 0.369 e. The topological polar surface area (TPSA) is 103 Å². The molecule has 6 nitrogen and oxygen atoms in total. The molecule has 1 saturated carbocycles. The van der Waals surface area contributed by atoms with Gasteiger partial charge in [0.05, 0.1) is 11.6 Å². The number of carbonyl (C=O) groups excluding carboxylic acids is 1. The van der Waals surface area contributed by atoms with Crippen molar-refractivity contribution in [1.29, 1.82) is 5.26 Å². The summed E-state index contributed by atoms with van der Waals surface area (Å²) in [6.07, 6.45) is 5.34. The van der Waals surface area contributed by atoms with Crippen LogP contribution in [0, 0.1) is 24.2 Å². The van der Waals surface area contributed by atoms with E-state index >= 15 is 0 Å². The minimum absolute atomic E-state index is 0.0370. The van der Waals surface area contributed by atoms with Crippen molar-refractivity contribution < 1.29 is 18.7 Å². The Morgan fingerprint density at radius 3 is 2.38 bits per heavy atom. The lowest BCUT2D eigenvalue weighted by Crippen LogP contribution is -2.49. The number of rotatable bonds is 3. The lowest BCUT2D eigenvalue weighted by atomic mass is 9.69. The number of hydrogen-bond acceptors (Lipinski definition) is 5. The Morgan fingerprint density at radius 2 is 1.90 bits per heavy atom. The van der Waals surface area contributed by atoms with Crippen LogP contribution in [0.2, 0.25) is 0 Å². The number of alkyl halides is 2. The Labute approximate surface area is 170 Å². The Morgan fingerprint density at radius 1 is 1.31 bits per heavy atom. The van der Waals surface area contributed by atoms with Gasteiger partial charge in [0.2, 0.25) is 0 Å². The number of nitrogens with zero attached hydrogens (tertiary/aromatic N) is 3. The summed E-state index contributed by atoms with van der Waals surface area (Å²) in [4.78, 5) is 20.0. The van der Waals surface area contributed by atoms with Crippen molar-refractivity contribution in [3.8, 4) is 6.07 Å². The zero-order valence-corrected chi connectivity index (χ0v) is 17.0. The highest BCUT2D eigenvalue weighted by Gasteiger charge is 2.55. The summed E-state index contributed by atoms with van der Waals surface area (Å²) < 4.78 is 19.8. The molecule has 1 fully saturated rings. The molecule has 3 N–H and O–H groups in total. The average Bonchev–Trinajstić information content (AvgIpc) is 2.93. The van der Waals surface area contributed by atoms with Gasteiger partial charge < -0.3 is 10.8 Å². The molecule has 0 spiro atoms. The van der Waals surface area contributed by atoms with E-state index in [4.69, 9.17) is 15.8 Å². The third-order valence-corrected chi connectivity index (χ3v) is 5.57. The highest BCUT2D eigenvalue weighted by atomic mass is 19.3. The van der Waals surface area contributed by atoms with E-state index in [1.165, 1.54) is 6.42 Å². The number of hydrogen-bond donors (Lipinski definition) is 2. The number of nitrogens with two attached hydrogens (primary N) is 1. The average molecular weight is 406 g/mol. The second-order valence-electron chi connectivity index (χ2n) is 7.76. The fourth-order valence-electron chi connectivity index (χ4n) is 4.35. The van der Waals surface area contributed by atoms with Gasteiger partial charge in [0.25, 0.3) is 5.91 Å². The van der Waals surface area contributed by atoms with E-state index in [-0.39, 0.29) is 17.9 Å². The third kappa shape index (κ3) is 4.56. The van der Waals surface area contributed by atoms with Gasteiger partial charge in [-0.25, -0.2) is 4.99 Å². The minimum atomic E-state index is -3.17. The quantitative estimate of drug-likeness (QED) is 0.803. The van der Waals surface area contributed by atoms with E-state index in [0.717, 1.165) is 36.8 Å². The first kappa shape index (κ1) is 22.8. The zero-order valence-electron chi connectivity index (χ0n) is 17.0. The molecule has 158 valence electrons. The monoisotopic (exact) mass is 406 g/mol. The third-order valence-electron chi connectivity index (χ3n) is 5.57. The second-order valence-corrected chi connectivity index (χ2v) is 7.76. The second kappa shape index (κ2) is 9.31. The molecule has 8 heteroatoms. The number of halogens is 2. The molecule has 1 aliphatic heterocycles. The van der Waals surface area contributed by atoms with E-state index in [1.54, 1.807) is 11.0 Å². The number of carbonyl (C=O) groups is 1. The molecular formula is C21H28F2N4O2. The van der Waals surface area contributed by atoms with Crippen molar-refractivity contribution in [2.45, 2.75) is 71.1 Å². The van der Waals surface area contributed by atoms with Gasteiger partial charge >= 0.3 is 6.61 Å².